The molecular formula is C11H19N7O. The standard InChI is InChI=1S/C11H19N7O/c1-4-18(6-11(2,3)19)9-7-5-13-17-8(7)14-10(15-9)16-12/h5,19H,4,6,12H2,1-3H3,(H2,13,14,15,16,17). The predicted molar refractivity (Wildman–Crippen MR) is 73.7 cm³/mol. The van der Waals surface area contributed by atoms with Crippen molar-refractivity contribution in [3.05, 3.63) is 6.20 Å². The lowest BCUT2D eigenvalue weighted by atomic mass is 10.1. The van der Waals surface area contributed by atoms with Crippen LogP contribution in [0.4, 0.5) is 11.8 Å². The monoisotopic (exact) mass is 265 g/mol. The van der Waals surface area contributed by atoms with Crippen molar-refractivity contribution in [1.29, 1.82) is 0 Å². The van der Waals surface area contributed by atoms with Gasteiger partial charge in [0, 0.05) is 13.1 Å². The van der Waals surface area contributed by atoms with Crippen molar-refractivity contribution in [3.8, 4) is 0 Å². The number of rotatable bonds is 5. The number of likely N-dealkylation sites (N-methyl/N-ethyl adjacent to an activating group) is 1. The van der Waals surface area contributed by atoms with Crippen LogP contribution in [0.1, 0.15) is 20.8 Å². The second kappa shape index (κ2) is 4.98. The van der Waals surface area contributed by atoms with E-state index in [-0.39, 0.29) is 0 Å². The molecule has 0 bridgehead atoms. The first kappa shape index (κ1) is 13.5. The number of hydrazine groups is 1. The Morgan fingerprint density at radius 1 is 1.47 bits per heavy atom. The Labute approximate surface area is 111 Å². The minimum atomic E-state index is -0.826. The molecule has 0 unspecified atom stereocenters. The Bertz CT molecular complexity index is 560. The molecule has 2 aromatic rings. The normalized spacial score (nSPS) is 11.8. The number of aliphatic hydroxyl groups is 1. The zero-order chi connectivity index (χ0) is 14.0. The van der Waals surface area contributed by atoms with Gasteiger partial charge in [0.25, 0.3) is 0 Å². The van der Waals surface area contributed by atoms with Gasteiger partial charge in [-0.2, -0.15) is 15.1 Å². The molecule has 0 saturated carbocycles. The summed E-state index contributed by atoms with van der Waals surface area (Å²) in [6, 6.07) is 0. The van der Waals surface area contributed by atoms with Crippen LogP contribution in [0.3, 0.4) is 0 Å². The molecule has 8 heteroatoms. The Hall–Kier alpha value is -1.93. The first-order valence-electron chi connectivity index (χ1n) is 6.09. The van der Waals surface area contributed by atoms with Crippen LogP contribution >= 0.6 is 0 Å². The Morgan fingerprint density at radius 3 is 2.79 bits per heavy atom. The molecule has 0 radical (unpaired) electrons. The number of nitrogens with one attached hydrogen (secondary N) is 2. The number of fused-ring (bicyclic) bond motifs is 1. The van der Waals surface area contributed by atoms with Gasteiger partial charge in [-0.15, -0.1) is 0 Å². The summed E-state index contributed by atoms with van der Waals surface area (Å²) in [4.78, 5) is 10.5. The van der Waals surface area contributed by atoms with E-state index < -0.39 is 5.60 Å². The second-order valence-electron chi connectivity index (χ2n) is 4.97. The number of nitrogens with zero attached hydrogens (tertiary/aromatic N) is 4. The van der Waals surface area contributed by atoms with Crippen molar-refractivity contribution in [3.63, 3.8) is 0 Å². The summed E-state index contributed by atoms with van der Waals surface area (Å²) in [5.41, 5.74) is 2.21. The third-order valence-electron chi connectivity index (χ3n) is 2.68. The zero-order valence-corrected chi connectivity index (χ0v) is 11.3. The average molecular weight is 265 g/mol. The molecule has 0 spiro atoms. The molecule has 0 amide bonds. The summed E-state index contributed by atoms with van der Waals surface area (Å²) < 4.78 is 0. The lowest BCUT2D eigenvalue weighted by Gasteiger charge is -2.29. The van der Waals surface area contributed by atoms with E-state index in [4.69, 9.17) is 5.84 Å². The quantitative estimate of drug-likeness (QED) is 0.452. The van der Waals surface area contributed by atoms with Gasteiger partial charge in [-0.3, -0.25) is 10.5 Å². The number of nitrogen functional groups attached to an aromatic ring is 1. The molecule has 19 heavy (non-hydrogen) atoms. The van der Waals surface area contributed by atoms with E-state index in [2.05, 4.69) is 25.6 Å². The van der Waals surface area contributed by atoms with Crippen molar-refractivity contribution in [1.82, 2.24) is 20.2 Å². The maximum atomic E-state index is 9.98. The Kier molecular flexibility index (Phi) is 3.54. The highest BCUT2D eigenvalue weighted by atomic mass is 16.3. The smallest absolute Gasteiger partial charge is 0.241 e. The number of H-pyrrole nitrogens is 1. The van der Waals surface area contributed by atoms with Crippen molar-refractivity contribution in [2.24, 2.45) is 5.84 Å². The average Bonchev–Trinajstić information content (AvgIpc) is 2.81. The molecule has 0 aromatic carbocycles. The fourth-order valence-electron chi connectivity index (χ4n) is 1.93. The number of hydrogen-bond acceptors (Lipinski definition) is 7. The van der Waals surface area contributed by atoms with Crippen LogP contribution in [0.5, 0.6) is 0 Å². The largest absolute Gasteiger partial charge is 0.389 e. The van der Waals surface area contributed by atoms with Crippen LogP contribution < -0.4 is 16.2 Å². The van der Waals surface area contributed by atoms with Crippen LogP contribution in [0.15, 0.2) is 6.20 Å². The number of aromatic nitrogens is 4. The van der Waals surface area contributed by atoms with Crippen molar-refractivity contribution < 1.29 is 5.11 Å². The van der Waals surface area contributed by atoms with Gasteiger partial charge in [0.2, 0.25) is 5.95 Å². The number of nitrogens with two attached hydrogens (primary N) is 1. The van der Waals surface area contributed by atoms with Gasteiger partial charge in [0.1, 0.15) is 5.82 Å². The lowest BCUT2D eigenvalue weighted by molar-refractivity contribution is 0.0875. The van der Waals surface area contributed by atoms with Gasteiger partial charge in [0.15, 0.2) is 5.65 Å². The van der Waals surface area contributed by atoms with Crippen LogP contribution in [-0.2, 0) is 0 Å². The molecule has 0 saturated heterocycles. The molecule has 0 aliphatic carbocycles. The summed E-state index contributed by atoms with van der Waals surface area (Å²) >= 11 is 0. The van der Waals surface area contributed by atoms with E-state index in [9.17, 15) is 5.11 Å². The maximum absolute atomic E-state index is 9.98. The highest BCUT2D eigenvalue weighted by Crippen LogP contribution is 2.24. The van der Waals surface area contributed by atoms with Gasteiger partial charge in [0.05, 0.1) is 17.2 Å². The van der Waals surface area contributed by atoms with Gasteiger partial charge < -0.3 is 10.0 Å². The fraction of sp³-hybridized carbons (Fsp3) is 0.545. The minimum Gasteiger partial charge on any atom is -0.389 e. The molecule has 0 atom stereocenters. The third-order valence-corrected chi connectivity index (χ3v) is 2.68. The van der Waals surface area contributed by atoms with E-state index in [0.717, 1.165) is 5.39 Å². The van der Waals surface area contributed by atoms with Crippen molar-refractivity contribution in [2.75, 3.05) is 23.4 Å². The van der Waals surface area contributed by atoms with E-state index in [0.29, 0.717) is 30.5 Å². The third kappa shape index (κ3) is 2.91. The maximum Gasteiger partial charge on any atom is 0.241 e. The molecule has 0 aliphatic heterocycles. The predicted octanol–water partition coefficient (Wildman–Crippen LogP) is 0.236. The van der Waals surface area contributed by atoms with Gasteiger partial charge >= 0.3 is 0 Å². The molecule has 2 heterocycles. The van der Waals surface area contributed by atoms with Crippen LogP contribution in [-0.4, -0.2) is 44.0 Å². The summed E-state index contributed by atoms with van der Waals surface area (Å²) in [5, 5.41) is 17.5. The van der Waals surface area contributed by atoms with Crippen LogP contribution in [0, 0.1) is 0 Å². The molecule has 0 aliphatic rings. The minimum absolute atomic E-state index is 0.306. The number of aromatic amines is 1. The van der Waals surface area contributed by atoms with E-state index in [1.54, 1.807) is 20.0 Å². The van der Waals surface area contributed by atoms with Crippen molar-refractivity contribution >= 4 is 22.8 Å². The number of hydrogen-bond donors (Lipinski definition) is 4. The van der Waals surface area contributed by atoms with Crippen LogP contribution in [0.2, 0.25) is 0 Å². The lowest BCUT2D eigenvalue weighted by Crippen LogP contribution is -2.39. The Morgan fingerprint density at radius 2 is 2.21 bits per heavy atom. The molecule has 104 valence electrons. The molecular weight excluding hydrogens is 246 g/mol. The second-order valence-corrected chi connectivity index (χ2v) is 4.97. The highest BCUT2D eigenvalue weighted by Gasteiger charge is 2.21. The molecule has 2 aromatic heterocycles. The SMILES string of the molecule is CCN(CC(C)(C)O)c1nc(NN)nc2[nH]ncc12. The number of anilines is 2. The summed E-state index contributed by atoms with van der Waals surface area (Å²) in [7, 11) is 0. The van der Waals surface area contributed by atoms with E-state index in [1.165, 1.54) is 0 Å². The van der Waals surface area contributed by atoms with Crippen LogP contribution in [0.25, 0.3) is 11.0 Å². The molecule has 0 fully saturated rings. The Balaban J connectivity index is 2.48. The van der Waals surface area contributed by atoms with E-state index in [1.807, 2.05) is 11.8 Å². The molecule has 8 nitrogen and oxygen atoms in total. The highest BCUT2D eigenvalue weighted by molar-refractivity contribution is 5.87. The van der Waals surface area contributed by atoms with Gasteiger partial charge in [-0.05, 0) is 20.8 Å². The molecule has 2 rings (SSSR count). The summed E-state index contributed by atoms with van der Waals surface area (Å²) in [6.45, 7) is 6.66. The molecule has 5 N–H and O–H groups in total. The summed E-state index contributed by atoms with van der Waals surface area (Å²) in [6.07, 6.45) is 1.66. The van der Waals surface area contributed by atoms with Gasteiger partial charge in [-0.25, -0.2) is 5.84 Å². The van der Waals surface area contributed by atoms with Crippen molar-refractivity contribution in [2.45, 2.75) is 26.4 Å². The first-order valence-corrected chi connectivity index (χ1v) is 6.09. The zero-order valence-electron chi connectivity index (χ0n) is 11.3. The van der Waals surface area contributed by atoms with Gasteiger partial charge in [-0.1, -0.05) is 0 Å². The van der Waals surface area contributed by atoms with E-state index >= 15 is 0 Å². The fourth-order valence-corrected chi connectivity index (χ4v) is 1.93. The first-order chi connectivity index (χ1) is 8.94. The topological polar surface area (TPSA) is 116 Å². The summed E-state index contributed by atoms with van der Waals surface area (Å²) in [5.74, 6) is 6.37.